The van der Waals surface area contributed by atoms with Crippen molar-refractivity contribution in [2.24, 2.45) is 5.92 Å². The Bertz CT molecular complexity index is 577. The number of hydrogen-bond acceptors (Lipinski definition) is 3. The van der Waals surface area contributed by atoms with E-state index >= 15 is 0 Å². The number of benzene rings is 1. The summed E-state index contributed by atoms with van der Waals surface area (Å²) < 4.78 is 13.2. The van der Waals surface area contributed by atoms with Gasteiger partial charge in [-0.05, 0) is 56.5 Å². The van der Waals surface area contributed by atoms with Crippen LogP contribution in [0.25, 0.3) is 0 Å². The molecule has 2 N–H and O–H groups in total. The second-order valence-corrected chi connectivity index (χ2v) is 7.27. The van der Waals surface area contributed by atoms with E-state index in [-0.39, 0.29) is 23.7 Å². The predicted octanol–water partition coefficient (Wildman–Crippen LogP) is 2.56. The largest absolute Gasteiger partial charge is 0.352 e. The number of nitrogens with zero attached hydrogens (tertiary/aromatic N) is 1. The molecule has 0 aliphatic carbocycles. The zero-order chi connectivity index (χ0) is 16.9. The van der Waals surface area contributed by atoms with Gasteiger partial charge in [-0.1, -0.05) is 17.7 Å². The lowest BCUT2D eigenvalue weighted by atomic mass is 9.97. The lowest BCUT2D eigenvalue weighted by Gasteiger charge is -2.34. The van der Waals surface area contributed by atoms with Gasteiger partial charge >= 0.3 is 0 Å². The number of rotatable bonds is 4. The fourth-order valence-electron chi connectivity index (χ4n) is 3.60. The van der Waals surface area contributed by atoms with E-state index in [0.717, 1.165) is 57.4 Å². The number of likely N-dealkylation sites (tertiary alicyclic amines) is 1. The van der Waals surface area contributed by atoms with Crippen molar-refractivity contribution in [2.45, 2.75) is 38.3 Å². The molecule has 2 atom stereocenters. The lowest BCUT2D eigenvalue weighted by molar-refractivity contribution is -0.126. The van der Waals surface area contributed by atoms with Crippen LogP contribution in [0.5, 0.6) is 0 Å². The van der Waals surface area contributed by atoms with E-state index in [0.29, 0.717) is 11.6 Å². The molecule has 0 radical (unpaired) electrons. The summed E-state index contributed by atoms with van der Waals surface area (Å²) in [6.07, 6.45) is 4.10. The summed E-state index contributed by atoms with van der Waals surface area (Å²) >= 11 is 6.13. The molecule has 1 aromatic rings. The minimum atomic E-state index is -0.311. The van der Waals surface area contributed by atoms with Crippen molar-refractivity contribution in [3.63, 3.8) is 0 Å². The predicted molar refractivity (Wildman–Crippen MR) is 93.4 cm³/mol. The maximum atomic E-state index is 13.2. The summed E-state index contributed by atoms with van der Waals surface area (Å²) in [5, 5.41) is 6.97. The summed E-state index contributed by atoms with van der Waals surface area (Å²) in [6.45, 7) is 4.29. The number of piperidine rings is 2. The van der Waals surface area contributed by atoms with Crippen molar-refractivity contribution < 1.29 is 9.18 Å². The molecule has 132 valence electrons. The Kier molecular flexibility index (Phi) is 6.09. The number of hydrogen-bond donors (Lipinski definition) is 2. The van der Waals surface area contributed by atoms with Gasteiger partial charge in [0.15, 0.2) is 0 Å². The molecule has 0 spiro atoms. The third-order valence-electron chi connectivity index (χ3n) is 4.93. The number of carbonyl (C=O) groups excluding carboxylic acids is 1. The normalized spacial score (nSPS) is 25.4. The molecule has 2 saturated heterocycles. The van der Waals surface area contributed by atoms with Crippen LogP contribution >= 0.6 is 11.6 Å². The van der Waals surface area contributed by atoms with Gasteiger partial charge in [-0.2, -0.15) is 0 Å². The van der Waals surface area contributed by atoms with Crippen LogP contribution in [0.2, 0.25) is 5.02 Å². The van der Waals surface area contributed by atoms with E-state index in [1.807, 2.05) is 0 Å². The van der Waals surface area contributed by atoms with Crippen LogP contribution < -0.4 is 10.6 Å². The van der Waals surface area contributed by atoms with Crippen molar-refractivity contribution in [3.05, 3.63) is 34.6 Å². The number of amides is 1. The molecule has 0 bridgehead atoms. The van der Waals surface area contributed by atoms with Gasteiger partial charge in [0.25, 0.3) is 0 Å². The molecule has 24 heavy (non-hydrogen) atoms. The molecule has 0 aromatic heterocycles. The van der Waals surface area contributed by atoms with Gasteiger partial charge in [-0.25, -0.2) is 4.39 Å². The molecule has 2 fully saturated rings. The molecule has 6 heteroatoms. The summed E-state index contributed by atoms with van der Waals surface area (Å²) in [5.74, 6) is -0.0387. The maximum Gasteiger partial charge on any atom is 0.224 e. The van der Waals surface area contributed by atoms with Crippen LogP contribution in [0.4, 0.5) is 4.39 Å². The highest BCUT2D eigenvalue weighted by atomic mass is 35.5. The fourth-order valence-corrected chi connectivity index (χ4v) is 3.83. The van der Waals surface area contributed by atoms with Gasteiger partial charge in [-0.15, -0.1) is 0 Å². The molecular formula is C18H25ClFN3O. The van der Waals surface area contributed by atoms with Crippen molar-refractivity contribution in [1.29, 1.82) is 0 Å². The minimum absolute atomic E-state index is 0.0978. The van der Waals surface area contributed by atoms with Crippen LogP contribution in [0, 0.1) is 11.7 Å². The summed E-state index contributed by atoms with van der Waals surface area (Å²) in [7, 11) is 0. The van der Waals surface area contributed by atoms with Crippen molar-refractivity contribution in [3.8, 4) is 0 Å². The molecular weight excluding hydrogens is 329 g/mol. The van der Waals surface area contributed by atoms with Crippen LogP contribution in [-0.4, -0.2) is 43.0 Å². The van der Waals surface area contributed by atoms with Gasteiger partial charge in [0.05, 0.1) is 5.92 Å². The highest BCUT2D eigenvalue weighted by Crippen LogP contribution is 2.21. The van der Waals surface area contributed by atoms with E-state index in [2.05, 4.69) is 15.5 Å². The smallest absolute Gasteiger partial charge is 0.224 e. The quantitative estimate of drug-likeness (QED) is 0.874. The van der Waals surface area contributed by atoms with Crippen molar-refractivity contribution in [1.82, 2.24) is 15.5 Å². The van der Waals surface area contributed by atoms with Gasteiger partial charge in [0.1, 0.15) is 5.82 Å². The average molecular weight is 354 g/mol. The Morgan fingerprint density at radius 1 is 1.38 bits per heavy atom. The van der Waals surface area contributed by atoms with Crippen LogP contribution in [-0.2, 0) is 11.3 Å². The molecule has 3 rings (SSSR count). The number of carbonyl (C=O) groups is 1. The van der Waals surface area contributed by atoms with E-state index in [1.54, 1.807) is 6.07 Å². The minimum Gasteiger partial charge on any atom is -0.352 e. The highest BCUT2D eigenvalue weighted by Gasteiger charge is 2.26. The van der Waals surface area contributed by atoms with Crippen molar-refractivity contribution >= 4 is 17.5 Å². The molecule has 2 unspecified atom stereocenters. The summed E-state index contributed by atoms with van der Waals surface area (Å²) in [5.41, 5.74) is 0.932. The Labute approximate surface area is 147 Å². The fraction of sp³-hybridized carbons (Fsp3) is 0.611. The maximum absolute atomic E-state index is 13.2. The van der Waals surface area contributed by atoms with Crippen LogP contribution in [0.1, 0.15) is 31.2 Å². The Morgan fingerprint density at radius 2 is 2.25 bits per heavy atom. The first-order chi connectivity index (χ1) is 11.6. The lowest BCUT2D eigenvalue weighted by Crippen LogP contribution is -2.50. The summed E-state index contributed by atoms with van der Waals surface area (Å²) in [6, 6.07) is 4.73. The molecule has 2 heterocycles. The summed E-state index contributed by atoms with van der Waals surface area (Å²) in [4.78, 5) is 14.7. The third kappa shape index (κ3) is 4.68. The van der Waals surface area contributed by atoms with Gasteiger partial charge in [0, 0.05) is 30.7 Å². The molecule has 0 saturated carbocycles. The van der Waals surface area contributed by atoms with E-state index in [4.69, 9.17) is 11.6 Å². The second kappa shape index (κ2) is 8.28. The molecule has 2 aliphatic rings. The number of halogens is 2. The van der Waals surface area contributed by atoms with Gasteiger partial charge in [-0.3, -0.25) is 9.69 Å². The number of nitrogens with one attached hydrogen (secondary N) is 2. The first kappa shape index (κ1) is 17.6. The van der Waals surface area contributed by atoms with Crippen molar-refractivity contribution in [2.75, 3.05) is 26.2 Å². The second-order valence-electron chi connectivity index (χ2n) is 6.86. The van der Waals surface area contributed by atoms with Crippen LogP contribution in [0.3, 0.4) is 0 Å². The third-order valence-corrected chi connectivity index (χ3v) is 5.28. The first-order valence-electron chi connectivity index (χ1n) is 8.79. The van der Waals surface area contributed by atoms with E-state index in [9.17, 15) is 9.18 Å². The Morgan fingerprint density at radius 3 is 3.00 bits per heavy atom. The molecule has 4 nitrogen and oxygen atoms in total. The first-order valence-corrected chi connectivity index (χ1v) is 9.17. The topological polar surface area (TPSA) is 44.4 Å². The molecule has 1 aromatic carbocycles. The standard InChI is InChI=1S/C18H25ClFN3O/c19-17-9-15(20)6-5-14(17)11-23-8-2-4-16(12-23)22-18(24)13-3-1-7-21-10-13/h5-6,9,13,16,21H,1-4,7-8,10-12H2,(H,22,24). The van der Waals surface area contributed by atoms with E-state index in [1.165, 1.54) is 12.1 Å². The van der Waals surface area contributed by atoms with E-state index < -0.39 is 0 Å². The SMILES string of the molecule is O=C(NC1CCCN(Cc2ccc(F)cc2Cl)C1)C1CCCNC1. The van der Waals surface area contributed by atoms with Gasteiger partial charge in [0.2, 0.25) is 5.91 Å². The van der Waals surface area contributed by atoms with Crippen LogP contribution in [0.15, 0.2) is 18.2 Å². The monoisotopic (exact) mass is 353 g/mol. The Hall–Kier alpha value is -1.17. The molecule has 1 amide bonds. The van der Waals surface area contributed by atoms with Gasteiger partial charge < -0.3 is 10.6 Å². The zero-order valence-electron chi connectivity index (χ0n) is 13.9. The highest BCUT2D eigenvalue weighted by molar-refractivity contribution is 6.31. The zero-order valence-corrected chi connectivity index (χ0v) is 14.6. The molecule has 2 aliphatic heterocycles. The average Bonchev–Trinajstić information content (AvgIpc) is 2.58. The Balaban J connectivity index is 1.53.